The number of nitrogens with one attached hydrogen (secondary N) is 2. The van der Waals surface area contributed by atoms with Gasteiger partial charge < -0.3 is 14.8 Å². The molecular weight excluding hydrogens is 390 g/mol. The molecule has 0 radical (unpaired) electrons. The minimum absolute atomic E-state index is 0.0804. The number of hydrogen-bond acceptors (Lipinski definition) is 6. The van der Waals surface area contributed by atoms with E-state index in [4.69, 9.17) is 9.47 Å². The van der Waals surface area contributed by atoms with Gasteiger partial charge in [0.25, 0.3) is 5.91 Å². The summed E-state index contributed by atoms with van der Waals surface area (Å²) in [6, 6.07) is 5.40. The number of aryl methyl sites for hydroxylation is 1. The Hall–Kier alpha value is -2.61. The number of hydrogen-bond donors (Lipinski definition) is 2. The van der Waals surface area contributed by atoms with Crippen LogP contribution in [0.5, 0.6) is 11.5 Å². The highest BCUT2D eigenvalue weighted by molar-refractivity contribution is 7.16. The van der Waals surface area contributed by atoms with Crippen molar-refractivity contribution in [3.05, 3.63) is 34.3 Å². The van der Waals surface area contributed by atoms with E-state index in [0.29, 0.717) is 28.2 Å². The van der Waals surface area contributed by atoms with Gasteiger partial charge in [0.1, 0.15) is 0 Å². The van der Waals surface area contributed by atoms with Crippen LogP contribution in [0.2, 0.25) is 0 Å². The molecule has 1 fully saturated rings. The first-order valence-electron chi connectivity index (χ1n) is 10.2. The van der Waals surface area contributed by atoms with E-state index in [9.17, 15) is 9.59 Å². The molecule has 7 nitrogen and oxygen atoms in total. The second kappa shape index (κ2) is 7.67. The molecule has 8 heteroatoms. The Morgan fingerprint density at radius 3 is 2.76 bits per heavy atom. The molecule has 2 aromatic rings. The van der Waals surface area contributed by atoms with Gasteiger partial charge in [-0.2, -0.15) is 0 Å². The molecule has 1 aromatic carbocycles. The number of anilines is 1. The van der Waals surface area contributed by atoms with E-state index in [2.05, 4.69) is 15.6 Å². The summed E-state index contributed by atoms with van der Waals surface area (Å²) in [4.78, 5) is 31.2. The summed E-state index contributed by atoms with van der Waals surface area (Å²) in [6.07, 6.45) is 7.19. The van der Waals surface area contributed by atoms with E-state index in [1.807, 2.05) is 0 Å². The minimum atomic E-state index is -0.249. The van der Waals surface area contributed by atoms with E-state index in [1.165, 1.54) is 24.2 Å². The molecule has 5 rings (SSSR count). The number of fused-ring (bicyclic) bond motifs is 2. The molecule has 0 spiro atoms. The molecule has 29 heavy (non-hydrogen) atoms. The standard InChI is InChI=1S/C21H23N3O4S/c25-19(12-8-9-15-16(10-12)28-11-27-15)24-21-23-18-14(6-3-7-17(18)29-21)20(26)22-13-4-1-2-5-13/h8-10,13-14H,1-7,11H2,(H,22,26)(H,23,24,25)/t14-/m1/s1. The second-order valence-electron chi connectivity index (χ2n) is 7.78. The number of rotatable bonds is 4. The smallest absolute Gasteiger partial charge is 0.257 e. The molecular formula is C21H23N3O4S. The Bertz CT molecular complexity index is 951. The van der Waals surface area contributed by atoms with Gasteiger partial charge in [-0.05, 0) is 50.3 Å². The first-order valence-corrected chi connectivity index (χ1v) is 11.0. The molecule has 0 unspecified atom stereocenters. The van der Waals surface area contributed by atoms with Crippen molar-refractivity contribution in [1.82, 2.24) is 10.3 Å². The third kappa shape index (κ3) is 3.69. The molecule has 1 saturated carbocycles. The van der Waals surface area contributed by atoms with Gasteiger partial charge in [-0.3, -0.25) is 14.9 Å². The molecule has 1 aromatic heterocycles. The fourth-order valence-corrected chi connectivity index (χ4v) is 5.37. The molecule has 0 bridgehead atoms. The first-order chi connectivity index (χ1) is 14.2. The van der Waals surface area contributed by atoms with Crippen molar-refractivity contribution >= 4 is 28.3 Å². The zero-order chi connectivity index (χ0) is 19.8. The molecule has 1 aliphatic heterocycles. The minimum Gasteiger partial charge on any atom is -0.454 e. The number of benzene rings is 1. The van der Waals surface area contributed by atoms with Crippen LogP contribution in [-0.2, 0) is 11.2 Å². The number of aromatic nitrogens is 1. The van der Waals surface area contributed by atoms with Crippen molar-refractivity contribution in [2.24, 2.45) is 0 Å². The second-order valence-corrected chi connectivity index (χ2v) is 8.87. The molecule has 1 atom stereocenters. The van der Waals surface area contributed by atoms with Crippen LogP contribution in [0.25, 0.3) is 0 Å². The van der Waals surface area contributed by atoms with Gasteiger partial charge in [-0.25, -0.2) is 4.98 Å². The zero-order valence-electron chi connectivity index (χ0n) is 16.0. The van der Waals surface area contributed by atoms with Gasteiger partial charge in [0, 0.05) is 16.5 Å². The highest BCUT2D eigenvalue weighted by atomic mass is 32.1. The summed E-state index contributed by atoms with van der Waals surface area (Å²) in [5, 5.41) is 6.62. The average Bonchev–Trinajstić information content (AvgIpc) is 3.46. The summed E-state index contributed by atoms with van der Waals surface area (Å²) in [7, 11) is 0. The highest BCUT2D eigenvalue weighted by Gasteiger charge is 2.32. The van der Waals surface area contributed by atoms with Crippen LogP contribution >= 0.6 is 11.3 Å². The normalized spacial score (nSPS) is 20.3. The van der Waals surface area contributed by atoms with Crippen LogP contribution in [-0.4, -0.2) is 29.6 Å². The van der Waals surface area contributed by atoms with E-state index in [1.54, 1.807) is 18.2 Å². The number of thiazole rings is 1. The van der Waals surface area contributed by atoms with E-state index >= 15 is 0 Å². The molecule has 2 heterocycles. The topological polar surface area (TPSA) is 89.6 Å². The van der Waals surface area contributed by atoms with Gasteiger partial charge in [-0.1, -0.05) is 12.8 Å². The summed E-state index contributed by atoms with van der Waals surface area (Å²) < 4.78 is 10.6. The van der Waals surface area contributed by atoms with E-state index in [-0.39, 0.29) is 24.5 Å². The number of nitrogens with zero attached hydrogens (tertiary/aromatic N) is 1. The summed E-state index contributed by atoms with van der Waals surface area (Å²) in [5.74, 6) is 0.826. The lowest BCUT2D eigenvalue weighted by Gasteiger charge is -2.22. The van der Waals surface area contributed by atoms with E-state index in [0.717, 1.165) is 42.7 Å². The predicted molar refractivity (Wildman–Crippen MR) is 109 cm³/mol. The fraction of sp³-hybridized carbons (Fsp3) is 0.476. The fourth-order valence-electron chi connectivity index (χ4n) is 4.31. The lowest BCUT2D eigenvalue weighted by atomic mass is 9.90. The highest BCUT2D eigenvalue weighted by Crippen LogP contribution is 2.38. The van der Waals surface area contributed by atoms with Gasteiger partial charge in [0.2, 0.25) is 12.7 Å². The van der Waals surface area contributed by atoms with Crippen LogP contribution in [0.4, 0.5) is 5.13 Å². The molecule has 2 amide bonds. The van der Waals surface area contributed by atoms with Gasteiger partial charge in [0.05, 0.1) is 11.6 Å². The number of carbonyl (C=O) groups is 2. The number of amides is 2. The number of ether oxygens (including phenoxy) is 2. The largest absolute Gasteiger partial charge is 0.454 e. The van der Waals surface area contributed by atoms with E-state index < -0.39 is 0 Å². The van der Waals surface area contributed by atoms with Gasteiger partial charge in [-0.15, -0.1) is 11.3 Å². The maximum atomic E-state index is 12.8. The predicted octanol–water partition coefficient (Wildman–Crippen LogP) is 3.60. The summed E-state index contributed by atoms with van der Waals surface area (Å²) in [6.45, 7) is 0.171. The Kier molecular flexibility index (Phi) is 4.87. The van der Waals surface area contributed by atoms with Gasteiger partial charge in [0.15, 0.2) is 16.6 Å². The first kappa shape index (κ1) is 18.4. The summed E-state index contributed by atoms with van der Waals surface area (Å²) >= 11 is 1.47. The number of carbonyl (C=O) groups excluding carboxylic acids is 2. The molecule has 2 N–H and O–H groups in total. The van der Waals surface area contributed by atoms with Gasteiger partial charge >= 0.3 is 0 Å². The summed E-state index contributed by atoms with van der Waals surface area (Å²) in [5.41, 5.74) is 1.32. The maximum absolute atomic E-state index is 12.8. The molecule has 152 valence electrons. The zero-order valence-corrected chi connectivity index (χ0v) is 16.8. The molecule has 2 aliphatic carbocycles. The molecule has 0 saturated heterocycles. The maximum Gasteiger partial charge on any atom is 0.257 e. The Morgan fingerprint density at radius 1 is 1.07 bits per heavy atom. The van der Waals surface area contributed by atoms with Crippen molar-refractivity contribution in [3.63, 3.8) is 0 Å². The van der Waals surface area contributed by atoms with Crippen LogP contribution in [0.3, 0.4) is 0 Å². The van der Waals surface area contributed by atoms with Crippen LogP contribution < -0.4 is 20.1 Å². The van der Waals surface area contributed by atoms with Crippen molar-refractivity contribution < 1.29 is 19.1 Å². The third-order valence-electron chi connectivity index (χ3n) is 5.83. The van der Waals surface area contributed by atoms with Crippen LogP contribution in [0.1, 0.15) is 65.4 Å². The SMILES string of the molecule is O=C(Nc1nc2c(s1)CCC[C@H]2C(=O)NC1CCCC1)c1ccc2c(c1)OCO2. The average molecular weight is 413 g/mol. The quantitative estimate of drug-likeness (QED) is 0.799. The monoisotopic (exact) mass is 413 g/mol. The Labute approximate surface area is 172 Å². The lowest BCUT2D eigenvalue weighted by Crippen LogP contribution is -2.37. The third-order valence-corrected chi connectivity index (χ3v) is 6.87. The van der Waals surface area contributed by atoms with Crippen molar-refractivity contribution in [2.75, 3.05) is 12.1 Å². The van der Waals surface area contributed by atoms with Crippen LogP contribution in [0.15, 0.2) is 18.2 Å². The van der Waals surface area contributed by atoms with Crippen LogP contribution in [0, 0.1) is 0 Å². The van der Waals surface area contributed by atoms with Crippen molar-refractivity contribution in [2.45, 2.75) is 56.9 Å². The van der Waals surface area contributed by atoms with Crippen molar-refractivity contribution in [3.8, 4) is 11.5 Å². The Balaban J connectivity index is 1.30. The lowest BCUT2D eigenvalue weighted by molar-refractivity contribution is -0.123. The molecule has 3 aliphatic rings. The van der Waals surface area contributed by atoms with Crippen molar-refractivity contribution in [1.29, 1.82) is 0 Å². The Morgan fingerprint density at radius 2 is 1.90 bits per heavy atom.